The van der Waals surface area contributed by atoms with E-state index in [-0.39, 0.29) is 18.7 Å². The Balaban J connectivity index is 1.93. The summed E-state index contributed by atoms with van der Waals surface area (Å²) in [4.78, 5) is 1.63. The van der Waals surface area contributed by atoms with Gasteiger partial charge >= 0.3 is 0 Å². The van der Waals surface area contributed by atoms with Crippen molar-refractivity contribution in [2.24, 2.45) is 5.92 Å². The molecular weight excluding hydrogens is 226 g/mol. The van der Waals surface area contributed by atoms with E-state index < -0.39 is 6.43 Å². The average molecular weight is 248 g/mol. The van der Waals surface area contributed by atoms with Crippen molar-refractivity contribution in [1.29, 1.82) is 0 Å². The van der Waals surface area contributed by atoms with Gasteiger partial charge in [-0.2, -0.15) is 0 Å². The molecule has 0 aliphatic heterocycles. The number of halogens is 2. The van der Waals surface area contributed by atoms with Gasteiger partial charge in [0.05, 0.1) is 18.7 Å². The number of hydrogen-bond acceptors (Lipinski definition) is 3. The first kappa shape index (κ1) is 13.2. The summed E-state index contributed by atoms with van der Waals surface area (Å²) in [6, 6.07) is 0.489. The van der Waals surface area contributed by atoms with Crippen molar-refractivity contribution in [2.45, 2.75) is 43.7 Å². The summed E-state index contributed by atoms with van der Waals surface area (Å²) in [5.74, 6) is 0.452. The highest BCUT2D eigenvalue weighted by Gasteiger charge is 2.47. The second-order valence-corrected chi connectivity index (χ2v) is 5.59. The molecule has 2 aliphatic carbocycles. The first-order valence-corrected chi connectivity index (χ1v) is 6.41. The van der Waals surface area contributed by atoms with Crippen LogP contribution in [0.1, 0.15) is 25.7 Å². The number of hydrogen-bond donors (Lipinski definition) is 2. The highest BCUT2D eigenvalue weighted by atomic mass is 19.3. The number of aliphatic hydroxyl groups is 1. The maximum atomic E-state index is 12.3. The van der Waals surface area contributed by atoms with Crippen LogP contribution in [0.15, 0.2) is 0 Å². The van der Waals surface area contributed by atoms with Gasteiger partial charge in [0.25, 0.3) is 6.43 Å². The molecule has 2 aliphatic rings. The average Bonchev–Trinajstić information content (AvgIpc) is 3.09. The van der Waals surface area contributed by atoms with Crippen molar-refractivity contribution in [3.63, 3.8) is 0 Å². The van der Waals surface area contributed by atoms with Crippen LogP contribution in [0.2, 0.25) is 0 Å². The Morgan fingerprint density at radius 3 is 2.41 bits per heavy atom. The minimum Gasteiger partial charge on any atom is -0.394 e. The van der Waals surface area contributed by atoms with Gasteiger partial charge in [0.2, 0.25) is 0 Å². The Morgan fingerprint density at radius 1 is 1.35 bits per heavy atom. The fourth-order valence-corrected chi connectivity index (χ4v) is 2.57. The molecule has 0 bridgehead atoms. The molecule has 0 aromatic carbocycles. The molecule has 2 N–H and O–H groups in total. The smallest absolute Gasteiger partial charge is 0.251 e. The first-order valence-electron chi connectivity index (χ1n) is 6.41. The highest BCUT2D eigenvalue weighted by molar-refractivity contribution is 5.05. The number of aliphatic hydroxyl groups excluding tert-OH is 1. The van der Waals surface area contributed by atoms with E-state index in [4.69, 9.17) is 0 Å². The summed E-state index contributed by atoms with van der Waals surface area (Å²) >= 11 is 0. The fraction of sp³-hybridized carbons (Fsp3) is 1.00. The van der Waals surface area contributed by atoms with E-state index in [9.17, 15) is 13.9 Å². The zero-order valence-corrected chi connectivity index (χ0v) is 10.3. The van der Waals surface area contributed by atoms with Gasteiger partial charge in [0, 0.05) is 12.6 Å². The predicted molar refractivity (Wildman–Crippen MR) is 62.2 cm³/mol. The second kappa shape index (κ2) is 5.16. The van der Waals surface area contributed by atoms with E-state index in [0.717, 1.165) is 25.7 Å². The maximum absolute atomic E-state index is 12.3. The summed E-state index contributed by atoms with van der Waals surface area (Å²) in [6.07, 6.45) is 2.18. The lowest BCUT2D eigenvalue weighted by Gasteiger charge is -2.37. The molecule has 0 spiro atoms. The van der Waals surface area contributed by atoms with Crippen molar-refractivity contribution in [3.05, 3.63) is 0 Å². The lowest BCUT2D eigenvalue weighted by molar-refractivity contribution is 0.0576. The maximum Gasteiger partial charge on any atom is 0.251 e. The number of alkyl halides is 2. The molecule has 0 saturated heterocycles. The van der Waals surface area contributed by atoms with E-state index in [1.54, 1.807) is 11.9 Å². The molecule has 1 unspecified atom stereocenters. The van der Waals surface area contributed by atoms with Crippen molar-refractivity contribution in [2.75, 3.05) is 26.7 Å². The van der Waals surface area contributed by atoms with E-state index >= 15 is 0 Å². The zero-order valence-electron chi connectivity index (χ0n) is 10.3. The highest BCUT2D eigenvalue weighted by Crippen LogP contribution is 2.41. The van der Waals surface area contributed by atoms with Gasteiger partial charge in [-0.15, -0.1) is 0 Å². The summed E-state index contributed by atoms with van der Waals surface area (Å²) in [5, 5.41) is 13.2. The molecule has 2 saturated carbocycles. The number of rotatable bonds is 8. The number of nitrogens with one attached hydrogen (secondary N) is 1. The lowest BCUT2D eigenvalue weighted by atomic mass is 9.93. The molecule has 0 amide bonds. The van der Waals surface area contributed by atoms with Crippen LogP contribution in [0.3, 0.4) is 0 Å². The molecule has 1 atom stereocenters. The molecule has 100 valence electrons. The Hall–Kier alpha value is -0.260. The van der Waals surface area contributed by atoms with Gasteiger partial charge < -0.3 is 10.4 Å². The van der Waals surface area contributed by atoms with Crippen molar-refractivity contribution < 1.29 is 13.9 Å². The summed E-state index contributed by atoms with van der Waals surface area (Å²) in [5.41, 5.74) is -0.356. The lowest BCUT2D eigenvalue weighted by Crippen LogP contribution is -2.58. The van der Waals surface area contributed by atoms with Crippen LogP contribution in [0.5, 0.6) is 0 Å². The fourth-order valence-electron chi connectivity index (χ4n) is 2.57. The van der Waals surface area contributed by atoms with Crippen LogP contribution in [0.4, 0.5) is 8.78 Å². The van der Waals surface area contributed by atoms with Crippen LogP contribution in [0.25, 0.3) is 0 Å². The van der Waals surface area contributed by atoms with E-state index in [2.05, 4.69) is 5.32 Å². The minimum atomic E-state index is -2.31. The number of likely N-dealkylation sites (N-methyl/N-ethyl adjacent to an activating group) is 1. The van der Waals surface area contributed by atoms with Crippen LogP contribution < -0.4 is 5.32 Å². The second-order valence-electron chi connectivity index (χ2n) is 5.59. The number of nitrogens with zero attached hydrogens (tertiary/aromatic N) is 1. The summed E-state index contributed by atoms with van der Waals surface area (Å²) in [6.45, 7) is 0.331. The molecule has 0 aromatic rings. The molecule has 2 fully saturated rings. The molecule has 3 nitrogen and oxygen atoms in total. The Kier molecular flexibility index (Phi) is 4.00. The van der Waals surface area contributed by atoms with Crippen LogP contribution in [-0.2, 0) is 0 Å². The molecule has 17 heavy (non-hydrogen) atoms. The van der Waals surface area contributed by atoms with Crippen molar-refractivity contribution in [3.8, 4) is 0 Å². The Morgan fingerprint density at radius 2 is 2.00 bits per heavy atom. The zero-order chi connectivity index (χ0) is 12.5. The molecule has 5 heteroatoms. The van der Waals surface area contributed by atoms with Crippen LogP contribution >= 0.6 is 0 Å². The summed E-state index contributed by atoms with van der Waals surface area (Å²) in [7, 11) is 1.70. The SMILES string of the molecule is CN(CC(F)F)CC(CO)(NC1CC1)C1CC1. The van der Waals surface area contributed by atoms with Crippen LogP contribution in [0, 0.1) is 5.92 Å². The van der Waals surface area contributed by atoms with Gasteiger partial charge in [0.1, 0.15) is 0 Å². The Bertz CT molecular complexity index is 257. The van der Waals surface area contributed by atoms with E-state index in [1.807, 2.05) is 0 Å². The van der Waals surface area contributed by atoms with Gasteiger partial charge in [-0.3, -0.25) is 4.90 Å². The largest absolute Gasteiger partial charge is 0.394 e. The third-order valence-electron chi connectivity index (χ3n) is 3.71. The topological polar surface area (TPSA) is 35.5 Å². The molecule has 0 aromatic heterocycles. The molecule has 0 radical (unpaired) electrons. The van der Waals surface area contributed by atoms with Crippen molar-refractivity contribution in [1.82, 2.24) is 10.2 Å². The standard InChI is InChI=1S/C12H22F2N2O/c1-16(6-11(13)14)7-12(8-17,9-2-3-9)15-10-4-5-10/h9-11,15,17H,2-8H2,1H3. The van der Waals surface area contributed by atoms with E-state index in [1.165, 1.54) is 0 Å². The van der Waals surface area contributed by atoms with Crippen molar-refractivity contribution >= 4 is 0 Å². The third kappa shape index (κ3) is 3.60. The molecule has 2 rings (SSSR count). The Labute approximate surface area is 101 Å². The quantitative estimate of drug-likeness (QED) is 0.674. The van der Waals surface area contributed by atoms with E-state index in [0.29, 0.717) is 18.5 Å². The third-order valence-corrected chi connectivity index (χ3v) is 3.71. The molecular formula is C12H22F2N2O. The first-order chi connectivity index (χ1) is 8.05. The molecule has 0 heterocycles. The predicted octanol–water partition coefficient (Wildman–Crippen LogP) is 1.08. The van der Waals surface area contributed by atoms with Gasteiger partial charge in [-0.25, -0.2) is 8.78 Å². The summed E-state index contributed by atoms with van der Waals surface area (Å²) < 4.78 is 24.7. The van der Waals surface area contributed by atoms with Crippen LogP contribution in [-0.4, -0.2) is 54.8 Å². The normalized spacial score (nSPS) is 24.4. The minimum absolute atomic E-state index is 0.0434. The monoisotopic (exact) mass is 248 g/mol. The van der Waals surface area contributed by atoms with Gasteiger partial charge in [0.15, 0.2) is 0 Å². The van der Waals surface area contributed by atoms with Gasteiger partial charge in [-0.05, 0) is 38.6 Å². The van der Waals surface area contributed by atoms with Gasteiger partial charge in [-0.1, -0.05) is 0 Å².